The first-order valence-electron chi connectivity index (χ1n) is 7.48. The Morgan fingerprint density at radius 2 is 1.87 bits per heavy atom. The molecule has 6 heteroatoms. The molecule has 118 valence electrons. The number of hydrogen-bond acceptors (Lipinski definition) is 3. The molecule has 2 aromatic carbocycles. The highest BCUT2D eigenvalue weighted by atomic mass is 16.5. The summed E-state index contributed by atoms with van der Waals surface area (Å²) in [5, 5.41) is 13.4. The van der Waals surface area contributed by atoms with Crippen LogP contribution in [0.3, 0.4) is 0 Å². The summed E-state index contributed by atoms with van der Waals surface area (Å²) in [6, 6.07) is 12.5. The van der Waals surface area contributed by atoms with E-state index in [0.717, 1.165) is 23.1 Å². The number of hydrogen-bond donors (Lipinski definition) is 3. The average Bonchev–Trinajstić information content (AvgIpc) is 3.02. The summed E-state index contributed by atoms with van der Waals surface area (Å²) < 4.78 is 5.51. The summed E-state index contributed by atoms with van der Waals surface area (Å²) in [7, 11) is 0. The minimum atomic E-state index is -0.296. The lowest BCUT2D eigenvalue weighted by Crippen LogP contribution is -2.19. The molecule has 6 nitrogen and oxygen atoms in total. The van der Waals surface area contributed by atoms with E-state index in [2.05, 4.69) is 27.8 Å². The van der Waals surface area contributed by atoms with E-state index in [9.17, 15) is 4.79 Å². The van der Waals surface area contributed by atoms with Crippen molar-refractivity contribution >= 4 is 28.3 Å². The number of ether oxygens (including phenoxy) is 1. The van der Waals surface area contributed by atoms with E-state index >= 15 is 0 Å². The Morgan fingerprint density at radius 1 is 1.13 bits per heavy atom. The smallest absolute Gasteiger partial charge is 0.323 e. The zero-order chi connectivity index (χ0) is 16.1. The molecular weight excluding hydrogens is 292 g/mol. The highest BCUT2D eigenvalue weighted by Crippen LogP contribution is 2.18. The molecule has 0 radical (unpaired) electrons. The monoisotopic (exact) mass is 310 g/mol. The first-order chi connectivity index (χ1) is 11.2. The van der Waals surface area contributed by atoms with Gasteiger partial charge in [0.15, 0.2) is 0 Å². The van der Waals surface area contributed by atoms with E-state index in [1.54, 1.807) is 6.20 Å². The molecule has 0 saturated heterocycles. The first-order valence-corrected chi connectivity index (χ1v) is 7.48. The number of aromatic nitrogens is 2. The van der Waals surface area contributed by atoms with Gasteiger partial charge in [-0.2, -0.15) is 5.10 Å². The molecule has 0 aliphatic rings. The maximum absolute atomic E-state index is 12.0. The number of H-pyrrole nitrogens is 1. The third kappa shape index (κ3) is 3.79. The van der Waals surface area contributed by atoms with Gasteiger partial charge in [-0.3, -0.25) is 5.10 Å². The van der Waals surface area contributed by atoms with Crippen LogP contribution in [0.15, 0.2) is 48.7 Å². The lowest BCUT2D eigenvalue weighted by molar-refractivity contribution is 0.262. The maximum atomic E-state index is 12.0. The molecule has 0 saturated carbocycles. The Balaban J connectivity index is 1.60. The molecule has 0 spiro atoms. The molecule has 3 rings (SSSR count). The molecule has 0 atom stereocenters. The number of anilines is 2. The molecule has 1 aromatic heterocycles. The van der Waals surface area contributed by atoms with Crippen molar-refractivity contribution in [1.82, 2.24) is 10.2 Å². The van der Waals surface area contributed by atoms with Gasteiger partial charge in [0.25, 0.3) is 0 Å². The minimum Gasteiger partial charge on any atom is -0.494 e. The van der Waals surface area contributed by atoms with Crippen molar-refractivity contribution in [2.24, 2.45) is 0 Å². The predicted octanol–water partition coefficient (Wildman–Crippen LogP) is 4.00. The quantitative estimate of drug-likeness (QED) is 0.666. The zero-order valence-electron chi connectivity index (χ0n) is 12.8. The van der Waals surface area contributed by atoms with Crippen molar-refractivity contribution in [1.29, 1.82) is 0 Å². The molecule has 3 aromatic rings. The maximum Gasteiger partial charge on any atom is 0.323 e. The number of nitrogens with zero attached hydrogens (tertiary/aromatic N) is 1. The van der Waals surface area contributed by atoms with Gasteiger partial charge in [0.2, 0.25) is 0 Å². The molecular formula is C17H18N4O2. The Labute approximate surface area is 133 Å². The molecule has 0 fully saturated rings. The number of amides is 2. The van der Waals surface area contributed by atoms with E-state index in [4.69, 9.17) is 4.74 Å². The molecule has 0 unspecified atom stereocenters. The van der Waals surface area contributed by atoms with Crippen LogP contribution in [-0.2, 0) is 0 Å². The number of rotatable bonds is 5. The fourth-order valence-electron chi connectivity index (χ4n) is 2.17. The van der Waals surface area contributed by atoms with Crippen molar-refractivity contribution < 1.29 is 9.53 Å². The van der Waals surface area contributed by atoms with Gasteiger partial charge in [-0.25, -0.2) is 4.79 Å². The number of aromatic amines is 1. The highest BCUT2D eigenvalue weighted by molar-refractivity contribution is 6.00. The van der Waals surface area contributed by atoms with Crippen molar-refractivity contribution in [3.63, 3.8) is 0 Å². The second-order valence-corrected chi connectivity index (χ2v) is 5.12. The van der Waals surface area contributed by atoms with Crippen molar-refractivity contribution in [2.75, 3.05) is 17.2 Å². The highest BCUT2D eigenvalue weighted by Gasteiger charge is 2.04. The number of carbonyl (C=O) groups excluding carboxylic acids is 1. The van der Waals surface area contributed by atoms with Crippen LogP contribution in [0.1, 0.15) is 13.3 Å². The molecule has 0 aliphatic carbocycles. The van der Waals surface area contributed by atoms with Crippen LogP contribution < -0.4 is 15.4 Å². The predicted molar refractivity (Wildman–Crippen MR) is 91.0 cm³/mol. The van der Waals surface area contributed by atoms with Gasteiger partial charge in [0.1, 0.15) is 5.75 Å². The van der Waals surface area contributed by atoms with Crippen LogP contribution >= 0.6 is 0 Å². The van der Waals surface area contributed by atoms with E-state index < -0.39 is 0 Å². The topological polar surface area (TPSA) is 79.0 Å². The fourth-order valence-corrected chi connectivity index (χ4v) is 2.17. The minimum absolute atomic E-state index is 0.296. The summed E-state index contributed by atoms with van der Waals surface area (Å²) in [6.07, 6.45) is 2.68. The van der Waals surface area contributed by atoms with Crippen LogP contribution in [0.5, 0.6) is 5.75 Å². The van der Waals surface area contributed by atoms with Gasteiger partial charge in [-0.1, -0.05) is 6.92 Å². The van der Waals surface area contributed by atoms with Crippen LogP contribution in [0, 0.1) is 0 Å². The number of fused-ring (bicyclic) bond motifs is 1. The van der Waals surface area contributed by atoms with Crippen molar-refractivity contribution in [2.45, 2.75) is 13.3 Å². The van der Waals surface area contributed by atoms with Gasteiger partial charge in [0.05, 0.1) is 18.3 Å². The molecule has 3 N–H and O–H groups in total. The average molecular weight is 310 g/mol. The van der Waals surface area contributed by atoms with Crippen LogP contribution in [-0.4, -0.2) is 22.8 Å². The third-order valence-corrected chi connectivity index (χ3v) is 3.28. The van der Waals surface area contributed by atoms with Gasteiger partial charge in [-0.05, 0) is 48.9 Å². The third-order valence-electron chi connectivity index (χ3n) is 3.28. The number of carbonyl (C=O) groups is 1. The lowest BCUT2D eigenvalue weighted by Gasteiger charge is -2.09. The van der Waals surface area contributed by atoms with Crippen LogP contribution in [0.4, 0.5) is 16.2 Å². The summed E-state index contributed by atoms with van der Waals surface area (Å²) in [5.74, 6) is 0.795. The van der Waals surface area contributed by atoms with E-state index in [1.165, 1.54) is 0 Å². The van der Waals surface area contributed by atoms with Gasteiger partial charge < -0.3 is 15.4 Å². The Kier molecular flexibility index (Phi) is 4.42. The summed E-state index contributed by atoms with van der Waals surface area (Å²) in [4.78, 5) is 12.0. The molecule has 0 aliphatic heterocycles. The van der Waals surface area contributed by atoms with Crippen LogP contribution in [0.2, 0.25) is 0 Å². The second kappa shape index (κ2) is 6.83. The van der Waals surface area contributed by atoms with E-state index in [0.29, 0.717) is 18.0 Å². The number of nitrogens with one attached hydrogen (secondary N) is 3. The van der Waals surface area contributed by atoms with Crippen LogP contribution in [0.25, 0.3) is 10.9 Å². The second-order valence-electron chi connectivity index (χ2n) is 5.12. The first kappa shape index (κ1) is 14.9. The van der Waals surface area contributed by atoms with Gasteiger partial charge in [0, 0.05) is 16.8 Å². The number of benzene rings is 2. The Morgan fingerprint density at radius 3 is 2.65 bits per heavy atom. The summed E-state index contributed by atoms with van der Waals surface area (Å²) in [6.45, 7) is 2.74. The molecule has 0 bridgehead atoms. The lowest BCUT2D eigenvalue weighted by atomic mass is 10.2. The van der Waals surface area contributed by atoms with Crippen molar-refractivity contribution in [3.8, 4) is 5.75 Å². The molecule has 1 heterocycles. The normalized spacial score (nSPS) is 10.5. The largest absolute Gasteiger partial charge is 0.494 e. The Bertz CT molecular complexity index is 796. The van der Waals surface area contributed by atoms with E-state index in [1.807, 2.05) is 42.5 Å². The Hall–Kier alpha value is -3.02. The van der Waals surface area contributed by atoms with Gasteiger partial charge >= 0.3 is 6.03 Å². The van der Waals surface area contributed by atoms with Crippen molar-refractivity contribution in [3.05, 3.63) is 48.7 Å². The van der Waals surface area contributed by atoms with E-state index in [-0.39, 0.29) is 6.03 Å². The zero-order valence-corrected chi connectivity index (χ0v) is 12.8. The number of urea groups is 1. The summed E-state index contributed by atoms with van der Waals surface area (Å²) in [5.41, 5.74) is 2.34. The molecule has 23 heavy (non-hydrogen) atoms. The van der Waals surface area contributed by atoms with Gasteiger partial charge in [-0.15, -0.1) is 0 Å². The standard InChI is InChI=1S/C17H18N4O2/c1-2-9-23-15-6-3-13(4-7-15)19-17(22)20-14-5-8-16-12(10-14)11-18-21-16/h3-8,10-11H,2,9H2,1H3,(H,18,21)(H2,19,20,22). The SMILES string of the molecule is CCCOc1ccc(NC(=O)Nc2ccc3[nH]ncc3c2)cc1. The molecule has 2 amide bonds. The summed E-state index contributed by atoms with van der Waals surface area (Å²) >= 11 is 0. The fraction of sp³-hybridized carbons (Fsp3) is 0.176.